The second-order valence-corrected chi connectivity index (χ2v) is 5.09. The van der Waals surface area contributed by atoms with Crippen molar-refractivity contribution in [1.29, 1.82) is 0 Å². The van der Waals surface area contributed by atoms with Gasteiger partial charge in [-0.3, -0.25) is 0 Å². The van der Waals surface area contributed by atoms with Crippen molar-refractivity contribution in [2.75, 3.05) is 6.61 Å². The zero-order valence-electron chi connectivity index (χ0n) is 9.77. The van der Waals surface area contributed by atoms with Crippen LogP contribution in [0.1, 0.15) is 59.8 Å². The summed E-state index contributed by atoms with van der Waals surface area (Å²) in [5.41, 5.74) is 0.504. The molecule has 0 aromatic carbocycles. The van der Waals surface area contributed by atoms with Crippen LogP contribution in [0.5, 0.6) is 0 Å². The Hall–Kier alpha value is -0.0400. The molecule has 0 fully saturated rings. The van der Waals surface area contributed by atoms with Crippen LogP contribution in [-0.2, 0) is 0 Å². The van der Waals surface area contributed by atoms with Gasteiger partial charge in [-0.05, 0) is 30.6 Å². The molecule has 13 heavy (non-hydrogen) atoms. The molecule has 0 saturated heterocycles. The molecule has 0 aromatic rings. The van der Waals surface area contributed by atoms with Gasteiger partial charge < -0.3 is 5.11 Å². The number of aliphatic hydroxyl groups excluding tert-OH is 1. The predicted octanol–water partition coefficient (Wildman–Crippen LogP) is 3.61. The van der Waals surface area contributed by atoms with Crippen molar-refractivity contribution in [2.24, 2.45) is 11.3 Å². The zero-order chi connectivity index (χ0) is 10.3. The van der Waals surface area contributed by atoms with E-state index in [1.54, 1.807) is 0 Å². The van der Waals surface area contributed by atoms with Crippen molar-refractivity contribution < 1.29 is 5.11 Å². The quantitative estimate of drug-likeness (QED) is 0.644. The minimum Gasteiger partial charge on any atom is -0.396 e. The molecule has 0 aliphatic rings. The summed E-state index contributed by atoms with van der Waals surface area (Å²) in [6, 6.07) is 0. The first-order chi connectivity index (χ1) is 6.02. The normalized spacial score (nSPS) is 14.5. The Morgan fingerprint density at radius 2 is 1.85 bits per heavy atom. The molecule has 0 bridgehead atoms. The molecule has 1 nitrogen and oxygen atoms in total. The lowest BCUT2D eigenvalue weighted by Gasteiger charge is -2.24. The SMILES string of the molecule is CCCC(C)(C)CCCC(C)CO. The molecule has 0 saturated carbocycles. The van der Waals surface area contributed by atoms with Crippen LogP contribution in [0.15, 0.2) is 0 Å². The maximum absolute atomic E-state index is 8.87. The van der Waals surface area contributed by atoms with Gasteiger partial charge in [0.1, 0.15) is 0 Å². The highest BCUT2D eigenvalue weighted by Gasteiger charge is 2.16. The predicted molar refractivity (Wildman–Crippen MR) is 58.8 cm³/mol. The van der Waals surface area contributed by atoms with E-state index in [4.69, 9.17) is 5.11 Å². The highest BCUT2D eigenvalue weighted by molar-refractivity contribution is 4.68. The molecular weight excluding hydrogens is 160 g/mol. The average Bonchev–Trinajstić information content (AvgIpc) is 2.03. The van der Waals surface area contributed by atoms with Gasteiger partial charge >= 0.3 is 0 Å². The first-order valence-corrected chi connectivity index (χ1v) is 5.62. The summed E-state index contributed by atoms with van der Waals surface area (Å²) in [4.78, 5) is 0. The Morgan fingerprint density at radius 1 is 1.23 bits per heavy atom. The molecule has 1 heteroatoms. The molecule has 1 unspecified atom stereocenters. The standard InChI is InChI=1S/C12H26O/c1-5-8-12(3,4)9-6-7-11(2)10-13/h11,13H,5-10H2,1-4H3. The first-order valence-electron chi connectivity index (χ1n) is 5.62. The third-order valence-electron chi connectivity index (χ3n) is 2.79. The van der Waals surface area contributed by atoms with Crippen LogP contribution in [0, 0.1) is 11.3 Å². The van der Waals surface area contributed by atoms with Crippen LogP contribution in [0.2, 0.25) is 0 Å². The van der Waals surface area contributed by atoms with Crippen molar-refractivity contribution >= 4 is 0 Å². The molecule has 0 aliphatic heterocycles. The molecule has 0 radical (unpaired) electrons. The average molecular weight is 186 g/mol. The van der Waals surface area contributed by atoms with Crippen molar-refractivity contribution in [2.45, 2.75) is 59.8 Å². The number of rotatable bonds is 7. The third kappa shape index (κ3) is 7.06. The summed E-state index contributed by atoms with van der Waals surface area (Å²) in [5, 5.41) is 8.87. The van der Waals surface area contributed by atoms with E-state index in [1.165, 1.54) is 32.1 Å². The topological polar surface area (TPSA) is 20.2 Å². The van der Waals surface area contributed by atoms with Crippen LogP contribution in [-0.4, -0.2) is 11.7 Å². The van der Waals surface area contributed by atoms with E-state index in [2.05, 4.69) is 27.7 Å². The van der Waals surface area contributed by atoms with Crippen molar-refractivity contribution in [3.05, 3.63) is 0 Å². The van der Waals surface area contributed by atoms with Gasteiger partial charge in [0.15, 0.2) is 0 Å². The smallest absolute Gasteiger partial charge is 0.0456 e. The van der Waals surface area contributed by atoms with Crippen LogP contribution < -0.4 is 0 Å². The first kappa shape index (κ1) is 13.0. The van der Waals surface area contributed by atoms with Crippen LogP contribution in [0.4, 0.5) is 0 Å². The maximum atomic E-state index is 8.87. The monoisotopic (exact) mass is 186 g/mol. The molecule has 0 aliphatic carbocycles. The summed E-state index contributed by atoms with van der Waals surface area (Å²) in [7, 11) is 0. The lowest BCUT2D eigenvalue weighted by atomic mass is 9.82. The Balaban J connectivity index is 3.50. The Morgan fingerprint density at radius 3 is 2.31 bits per heavy atom. The van der Waals surface area contributed by atoms with E-state index in [-0.39, 0.29) is 0 Å². The molecule has 1 N–H and O–H groups in total. The summed E-state index contributed by atoms with van der Waals surface area (Å²) in [6.07, 6.45) is 6.33. The van der Waals surface area contributed by atoms with Gasteiger partial charge in [0.05, 0.1) is 0 Å². The van der Waals surface area contributed by atoms with Crippen molar-refractivity contribution in [3.8, 4) is 0 Å². The van der Waals surface area contributed by atoms with Crippen LogP contribution in [0.25, 0.3) is 0 Å². The van der Waals surface area contributed by atoms with Crippen LogP contribution >= 0.6 is 0 Å². The van der Waals surface area contributed by atoms with Crippen molar-refractivity contribution in [1.82, 2.24) is 0 Å². The Labute approximate surface area is 83.5 Å². The minimum atomic E-state index is 0.341. The number of aliphatic hydroxyl groups is 1. The van der Waals surface area contributed by atoms with E-state index in [9.17, 15) is 0 Å². The largest absolute Gasteiger partial charge is 0.396 e. The lowest BCUT2D eigenvalue weighted by molar-refractivity contribution is 0.216. The second-order valence-electron chi connectivity index (χ2n) is 5.09. The Kier molecular flexibility index (Phi) is 6.40. The second kappa shape index (κ2) is 6.42. The van der Waals surface area contributed by atoms with Gasteiger partial charge in [-0.25, -0.2) is 0 Å². The van der Waals surface area contributed by atoms with Gasteiger partial charge in [-0.15, -0.1) is 0 Å². The molecule has 0 heterocycles. The molecule has 0 amide bonds. The van der Waals surface area contributed by atoms with E-state index in [0.717, 1.165) is 0 Å². The molecule has 0 rings (SSSR count). The lowest BCUT2D eigenvalue weighted by Crippen LogP contribution is -2.11. The highest BCUT2D eigenvalue weighted by atomic mass is 16.3. The van der Waals surface area contributed by atoms with Gasteiger partial charge in [0.25, 0.3) is 0 Å². The van der Waals surface area contributed by atoms with Gasteiger partial charge in [0.2, 0.25) is 0 Å². The number of hydrogen-bond acceptors (Lipinski definition) is 1. The summed E-state index contributed by atoms with van der Waals surface area (Å²) < 4.78 is 0. The summed E-state index contributed by atoms with van der Waals surface area (Å²) >= 11 is 0. The summed E-state index contributed by atoms with van der Waals surface area (Å²) in [5.74, 6) is 0.484. The third-order valence-corrected chi connectivity index (χ3v) is 2.79. The van der Waals surface area contributed by atoms with Gasteiger partial charge in [0, 0.05) is 6.61 Å². The minimum absolute atomic E-state index is 0.341. The van der Waals surface area contributed by atoms with Crippen LogP contribution in [0.3, 0.4) is 0 Å². The number of hydrogen-bond donors (Lipinski definition) is 1. The zero-order valence-corrected chi connectivity index (χ0v) is 9.77. The molecule has 80 valence electrons. The van der Waals surface area contributed by atoms with E-state index >= 15 is 0 Å². The Bertz CT molecular complexity index is 118. The van der Waals surface area contributed by atoms with Gasteiger partial charge in [-0.2, -0.15) is 0 Å². The van der Waals surface area contributed by atoms with E-state index in [0.29, 0.717) is 17.9 Å². The summed E-state index contributed by atoms with van der Waals surface area (Å²) in [6.45, 7) is 9.40. The van der Waals surface area contributed by atoms with E-state index < -0.39 is 0 Å². The molecule has 0 spiro atoms. The fourth-order valence-corrected chi connectivity index (χ4v) is 1.82. The molecule has 1 atom stereocenters. The highest BCUT2D eigenvalue weighted by Crippen LogP contribution is 2.29. The fraction of sp³-hybridized carbons (Fsp3) is 1.00. The maximum Gasteiger partial charge on any atom is 0.0456 e. The van der Waals surface area contributed by atoms with E-state index in [1.807, 2.05) is 0 Å². The van der Waals surface area contributed by atoms with Gasteiger partial charge in [-0.1, -0.05) is 40.5 Å². The van der Waals surface area contributed by atoms with Crippen molar-refractivity contribution in [3.63, 3.8) is 0 Å². The molecule has 0 aromatic heterocycles. The molecular formula is C12H26O. The fourth-order valence-electron chi connectivity index (χ4n) is 1.82.